The Morgan fingerprint density at radius 3 is 2.62 bits per heavy atom. The quantitative estimate of drug-likeness (QED) is 0.463. The van der Waals surface area contributed by atoms with Crippen molar-refractivity contribution in [2.75, 3.05) is 44.3 Å². The Kier molecular flexibility index (Phi) is 7.02. The van der Waals surface area contributed by atoms with Gasteiger partial charge in [0.1, 0.15) is 17.4 Å². The number of aromatic nitrogens is 2. The molecule has 0 radical (unpaired) electrons. The molecule has 0 spiro atoms. The van der Waals surface area contributed by atoms with Crippen molar-refractivity contribution in [3.8, 4) is 5.75 Å². The summed E-state index contributed by atoms with van der Waals surface area (Å²) in [5.74, 6) is 0.00589. The lowest BCUT2D eigenvalue weighted by Gasteiger charge is -2.36. The van der Waals surface area contributed by atoms with Crippen molar-refractivity contribution in [2.24, 2.45) is 0 Å². The van der Waals surface area contributed by atoms with Gasteiger partial charge in [0.15, 0.2) is 6.61 Å². The third kappa shape index (κ3) is 5.31. The Hall–Kier alpha value is -3.99. The Balaban J connectivity index is 1.30. The topological polar surface area (TPSA) is 138 Å². The maximum atomic E-state index is 12.8. The van der Waals surface area contributed by atoms with Crippen LogP contribution in [0.5, 0.6) is 5.75 Å². The van der Waals surface area contributed by atoms with Gasteiger partial charge in [0.2, 0.25) is 11.9 Å². The average molecular weight is 467 g/mol. The molecule has 1 saturated heterocycles. The molecule has 0 saturated carbocycles. The van der Waals surface area contributed by atoms with Gasteiger partial charge in [0.25, 0.3) is 5.91 Å². The summed E-state index contributed by atoms with van der Waals surface area (Å²) in [6.45, 7) is 2.82. The van der Waals surface area contributed by atoms with Gasteiger partial charge in [-0.15, -0.1) is 0 Å². The Bertz CT molecular complexity index is 1220. The van der Waals surface area contributed by atoms with Gasteiger partial charge in [-0.2, -0.15) is 0 Å². The first-order valence-electron chi connectivity index (χ1n) is 10.8. The molecular weight excluding hydrogens is 442 g/mol. The van der Waals surface area contributed by atoms with E-state index in [-0.39, 0.29) is 12.5 Å². The average Bonchev–Trinajstić information content (AvgIpc) is 2.86. The SMILES string of the molecule is Cc1cc(=O)oc2cc(OCC(=O)NC(CO)C(=O)N3CCN(c4ncccn4)CC3)ccc12. The molecule has 0 aliphatic carbocycles. The van der Waals surface area contributed by atoms with E-state index < -0.39 is 24.2 Å². The lowest BCUT2D eigenvalue weighted by atomic mass is 10.1. The van der Waals surface area contributed by atoms with Gasteiger partial charge in [0.05, 0.1) is 6.61 Å². The number of rotatable bonds is 7. The molecular formula is C23H25N5O6. The normalized spacial score (nSPS) is 14.6. The molecule has 4 rings (SSSR count). The van der Waals surface area contributed by atoms with Crippen LogP contribution < -0.4 is 20.6 Å². The maximum Gasteiger partial charge on any atom is 0.336 e. The van der Waals surface area contributed by atoms with Gasteiger partial charge in [-0.05, 0) is 30.7 Å². The molecule has 2 N–H and O–H groups in total. The fraction of sp³-hybridized carbons (Fsp3) is 0.348. The Morgan fingerprint density at radius 1 is 1.18 bits per heavy atom. The lowest BCUT2D eigenvalue weighted by Crippen LogP contribution is -2.56. The minimum absolute atomic E-state index is 0.336. The first-order valence-corrected chi connectivity index (χ1v) is 10.8. The molecule has 1 aliphatic heterocycles. The highest BCUT2D eigenvalue weighted by atomic mass is 16.5. The van der Waals surface area contributed by atoms with Crippen LogP contribution in [-0.2, 0) is 9.59 Å². The number of aryl methyl sites for hydroxylation is 1. The van der Waals surface area contributed by atoms with Crippen LogP contribution in [0.3, 0.4) is 0 Å². The fourth-order valence-corrected chi connectivity index (χ4v) is 3.77. The smallest absolute Gasteiger partial charge is 0.336 e. The number of fused-ring (bicyclic) bond motifs is 1. The van der Waals surface area contributed by atoms with Crippen LogP contribution in [0.15, 0.2) is 51.9 Å². The van der Waals surface area contributed by atoms with Crippen LogP contribution in [0.4, 0.5) is 5.95 Å². The van der Waals surface area contributed by atoms with E-state index in [1.54, 1.807) is 42.4 Å². The molecule has 2 amide bonds. The van der Waals surface area contributed by atoms with Crippen molar-refractivity contribution >= 4 is 28.7 Å². The van der Waals surface area contributed by atoms with E-state index in [1.807, 2.05) is 4.90 Å². The molecule has 178 valence electrons. The number of nitrogens with one attached hydrogen (secondary N) is 1. The van der Waals surface area contributed by atoms with Gasteiger partial charge in [-0.3, -0.25) is 9.59 Å². The number of carbonyl (C=O) groups excluding carboxylic acids is 2. The van der Waals surface area contributed by atoms with Crippen LogP contribution in [0.25, 0.3) is 11.0 Å². The summed E-state index contributed by atoms with van der Waals surface area (Å²) >= 11 is 0. The number of piperazine rings is 1. The molecule has 1 aliphatic rings. The van der Waals surface area contributed by atoms with Gasteiger partial charge in [-0.1, -0.05) is 0 Å². The van der Waals surface area contributed by atoms with E-state index in [0.717, 1.165) is 10.9 Å². The number of anilines is 1. The van der Waals surface area contributed by atoms with Crippen LogP contribution >= 0.6 is 0 Å². The molecule has 1 aromatic carbocycles. The summed E-state index contributed by atoms with van der Waals surface area (Å²) in [5, 5.41) is 13.0. The third-order valence-electron chi connectivity index (χ3n) is 5.53. The third-order valence-corrected chi connectivity index (χ3v) is 5.53. The number of hydrogen-bond acceptors (Lipinski definition) is 9. The highest BCUT2D eigenvalue weighted by Gasteiger charge is 2.29. The second-order valence-electron chi connectivity index (χ2n) is 7.86. The summed E-state index contributed by atoms with van der Waals surface area (Å²) in [4.78, 5) is 48.7. The lowest BCUT2D eigenvalue weighted by molar-refractivity contribution is -0.138. The molecule has 34 heavy (non-hydrogen) atoms. The van der Waals surface area contributed by atoms with Gasteiger partial charge in [-0.25, -0.2) is 14.8 Å². The Labute approximate surface area is 195 Å². The highest BCUT2D eigenvalue weighted by molar-refractivity contribution is 5.88. The number of nitrogens with zero attached hydrogens (tertiary/aromatic N) is 4. The predicted molar refractivity (Wildman–Crippen MR) is 123 cm³/mol. The van der Waals surface area contributed by atoms with Crippen molar-refractivity contribution in [1.82, 2.24) is 20.2 Å². The zero-order valence-electron chi connectivity index (χ0n) is 18.6. The molecule has 1 unspecified atom stereocenters. The van der Waals surface area contributed by atoms with Crippen LogP contribution in [0, 0.1) is 6.92 Å². The van der Waals surface area contributed by atoms with Gasteiger partial charge < -0.3 is 29.4 Å². The molecule has 11 heteroatoms. The van der Waals surface area contributed by atoms with Crippen molar-refractivity contribution in [1.29, 1.82) is 0 Å². The van der Waals surface area contributed by atoms with E-state index >= 15 is 0 Å². The van der Waals surface area contributed by atoms with E-state index in [4.69, 9.17) is 9.15 Å². The minimum atomic E-state index is -1.08. The molecule has 11 nitrogen and oxygen atoms in total. The van der Waals surface area contributed by atoms with Crippen molar-refractivity contribution in [3.05, 3.63) is 58.7 Å². The molecule has 0 bridgehead atoms. The molecule has 1 atom stereocenters. The zero-order valence-corrected chi connectivity index (χ0v) is 18.6. The summed E-state index contributed by atoms with van der Waals surface area (Å²) in [7, 11) is 0. The number of benzene rings is 1. The first kappa shape index (κ1) is 23.2. The second-order valence-corrected chi connectivity index (χ2v) is 7.86. The Morgan fingerprint density at radius 2 is 1.91 bits per heavy atom. The molecule has 3 aromatic rings. The maximum absolute atomic E-state index is 12.8. The minimum Gasteiger partial charge on any atom is -0.484 e. The highest BCUT2D eigenvalue weighted by Crippen LogP contribution is 2.22. The standard InChI is InChI=1S/C23H25N5O6/c1-15-11-21(31)34-19-12-16(3-4-17(15)19)33-14-20(30)26-18(13-29)22(32)27-7-9-28(10-8-27)23-24-5-2-6-25-23/h2-6,11-12,18,29H,7-10,13-14H2,1H3,(H,26,30). The van der Waals surface area contributed by atoms with Crippen LogP contribution in [0.2, 0.25) is 0 Å². The molecule has 2 aromatic heterocycles. The number of carbonyl (C=O) groups is 2. The largest absolute Gasteiger partial charge is 0.484 e. The van der Waals surface area contributed by atoms with Crippen LogP contribution in [0.1, 0.15) is 5.56 Å². The van der Waals surface area contributed by atoms with Crippen molar-refractivity contribution in [2.45, 2.75) is 13.0 Å². The van der Waals surface area contributed by atoms with E-state index in [2.05, 4.69) is 15.3 Å². The van der Waals surface area contributed by atoms with E-state index in [1.165, 1.54) is 12.1 Å². The number of hydrogen-bond donors (Lipinski definition) is 2. The number of ether oxygens (including phenoxy) is 1. The first-order chi connectivity index (χ1) is 16.4. The van der Waals surface area contributed by atoms with E-state index in [0.29, 0.717) is 43.5 Å². The summed E-state index contributed by atoms with van der Waals surface area (Å²) in [6.07, 6.45) is 3.32. The predicted octanol–water partition coefficient (Wildman–Crippen LogP) is 0.0961. The van der Waals surface area contributed by atoms with Crippen molar-refractivity contribution in [3.63, 3.8) is 0 Å². The number of aliphatic hydroxyl groups is 1. The summed E-state index contributed by atoms with van der Waals surface area (Å²) in [6, 6.07) is 6.99. The molecule has 3 heterocycles. The number of amides is 2. The zero-order chi connectivity index (χ0) is 24.1. The monoisotopic (exact) mass is 467 g/mol. The van der Waals surface area contributed by atoms with Gasteiger partial charge in [0, 0.05) is 56.1 Å². The summed E-state index contributed by atoms with van der Waals surface area (Å²) in [5.41, 5.74) is 0.657. The van der Waals surface area contributed by atoms with Gasteiger partial charge >= 0.3 is 5.63 Å². The van der Waals surface area contributed by atoms with Crippen LogP contribution in [-0.4, -0.2) is 77.2 Å². The van der Waals surface area contributed by atoms with Crippen molar-refractivity contribution < 1.29 is 23.8 Å². The summed E-state index contributed by atoms with van der Waals surface area (Å²) < 4.78 is 10.7. The fourth-order valence-electron chi connectivity index (χ4n) is 3.77. The second kappa shape index (κ2) is 10.3. The van der Waals surface area contributed by atoms with E-state index in [9.17, 15) is 19.5 Å². The number of aliphatic hydroxyl groups excluding tert-OH is 1. The molecule has 1 fully saturated rings.